The maximum Gasteiger partial charge on any atom is 0.454 e. The fraction of sp³-hybridized carbons (Fsp3) is 0.278. The van der Waals surface area contributed by atoms with Crippen molar-refractivity contribution in [2.75, 3.05) is 34.5 Å². The summed E-state index contributed by atoms with van der Waals surface area (Å²) in [5.74, 6) is -1.82. The number of esters is 2. The van der Waals surface area contributed by atoms with E-state index in [1.54, 1.807) is 73.8 Å². The number of fused-ring (bicyclic) bond motifs is 1. The lowest BCUT2D eigenvalue weighted by Gasteiger charge is -2.23. The second kappa shape index (κ2) is 15.4. The van der Waals surface area contributed by atoms with E-state index in [0.29, 0.717) is 30.2 Å². The summed E-state index contributed by atoms with van der Waals surface area (Å²) in [6, 6.07) is 24.6. The average molecular weight is 660 g/mol. The van der Waals surface area contributed by atoms with Gasteiger partial charge in [-0.1, -0.05) is 6.07 Å². The molecule has 4 aromatic rings. The molecule has 252 valence electrons. The van der Waals surface area contributed by atoms with Crippen LogP contribution in [0.2, 0.25) is 0 Å². The van der Waals surface area contributed by atoms with Gasteiger partial charge in [0.25, 0.3) is 0 Å². The third kappa shape index (κ3) is 8.27. The van der Waals surface area contributed by atoms with Crippen molar-refractivity contribution in [1.29, 1.82) is 0 Å². The molecule has 48 heavy (non-hydrogen) atoms. The maximum absolute atomic E-state index is 13.6. The molecule has 1 aliphatic rings. The van der Waals surface area contributed by atoms with Gasteiger partial charge in [0.2, 0.25) is 0 Å². The van der Waals surface area contributed by atoms with Crippen LogP contribution in [0.1, 0.15) is 12.5 Å². The Morgan fingerprint density at radius 3 is 1.65 bits per heavy atom. The quantitative estimate of drug-likeness (QED) is 0.107. The highest BCUT2D eigenvalue weighted by atomic mass is 16.8. The van der Waals surface area contributed by atoms with Crippen LogP contribution in [-0.4, -0.2) is 69.5 Å². The summed E-state index contributed by atoms with van der Waals surface area (Å²) in [5.41, 5.74) is 0.823. The van der Waals surface area contributed by atoms with Crippen molar-refractivity contribution >= 4 is 11.9 Å². The Morgan fingerprint density at radius 2 is 1.15 bits per heavy atom. The number of carbonyl (C=O) groups is 2. The number of rotatable bonds is 15. The van der Waals surface area contributed by atoms with E-state index in [1.165, 1.54) is 38.5 Å². The molecular weight excluding hydrogens is 622 g/mol. The van der Waals surface area contributed by atoms with Crippen LogP contribution in [0.3, 0.4) is 0 Å². The summed E-state index contributed by atoms with van der Waals surface area (Å²) in [6.07, 6.45) is -0.220. The molecule has 0 radical (unpaired) electrons. The normalized spacial score (nSPS) is 13.9. The maximum atomic E-state index is 13.6. The Kier molecular flexibility index (Phi) is 10.9. The van der Waals surface area contributed by atoms with Gasteiger partial charge in [-0.05, 0) is 104 Å². The Balaban J connectivity index is 1.24. The monoisotopic (exact) mass is 659 g/mol. The minimum Gasteiger partial charge on any atom is -0.497 e. The van der Waals surface area contributed by atoms with Crippen LogP contribution in [-0.2, 0) is 16.0 Å². The fourth-order valence-corrected chi connectivity index (χ4v) is 4.75. The molecule has 0 amide bonds. The van der Waals surface area contributed by atoms with Crippen molar-refractivity contribution in [3.8, 4) is 46.0 Å². The molecule has 0 aromatic heterocycles. The van der Waals surface area contributed by atoms with Crippen LogP contribution in [0.5, 0.6) is 46.0 Å². The van der Waals surface area contributed by atoms with E-state index in [1.807, 2.05) is 6.92 Å². The topological polar surface area (TPSA) is 140 Å². The lowest BCUT2D eigenvalue weighted by Crippen LogP contribution is -2.58. The first-order valence-corrected chi connectivity index (χ1v) is 15.1. The number of hydrogen-bond acceptors (Lipinski definition) is 12. The zero-order valence-electron chi connectivity index (χ0n) is 27.0. The average Bonchev–Trinajstić information content (AvgIpc) is 3.51. The van der Waals surface area contributed by atoms with Crippen LogP contribution >= 0.6 is 0 Å². The van der Waals surface area contributed by atoms with Crippen molar-refractivity contribution in [2.45, 2.75) is 31.3 Å². The number of benzene rings is 4. The zero-order chi connectivity index (χ0) is 34.1. The summed E-state index contributed by atoms with van der Waals surface area (Å²) in [7, 11) is 4.61. The zero-order valence-corrected chi connectivity index (χ0v) is 27.0. The Hall–Kier alpha value is -5.46. The van der Waals surface area contributed by atoms with Gasteiger partial charge in [0.1, 0.15) is 47.2 Å². The SMILES string of the molecule is COc1ccc(OCC(O)CNC(C)Cc2ccc3c(c2)OC(C(=O)Oc2ccc(OC)cc2)(C(=O)Oc2ccc(OC)cc2)O3)cc1. The molecule has 2 N–H and O–H groups in total. The number of aliphatic hydroxyl groups excluding tert-OH is 1. The first-order valence-electron chi connectivity index (χ1n) is 15.1. The van der Waals surface area contributed by atoms with E-state index in [4.69, 9.17) is 37.9 Å². The van der Waals surface area contributed by atoms with Crippen LogP contribution in [0.15, 0.2) is 91.0 Å². The number of hydrogen-bond donors (Lipinski definition) is 2. The van der Waals surface area contributed by atoms with Gasteiger partial charge in [0, 0.05) is 12.6 Å². The molecule has 12 nitrogen and oxygen atoms in total. The number of aliphatic hydroxyl groups is 1. The van der Waals surface area contributed by atoms with Crippen molar-refractivity contribution in [3.63, 3.8) is 0 Å². The summed E-state index contributed by atoms with van der Waals surface area (Å²) in [4.78, 5) is 27.2. The molecule has 4 aromatic carbocycles. The van der Waals surface area contributed by atoms with Crippen molar-refractivity contribution in [3.05, 3.63) is 96.6 Å². The number of methoxy groups -OCH3 is 3. The molecule has 2 unspecified atom stereocenters. The number of ether oxygens (including phenoxy) is 8. The summed E-state index contributed by atoms with van der Waals surface area (Å²) >= 11 is 0. The highest BCUT2D eigenvalue weighted by Gasteiger charge is 2.60. The standard InChI is InChI=1S/C36H37NO11/c1-23(37-21-25(38)22-44-29-12-6-26(41-2)7-13-29)19-24-5-18-32-33(20-24)48-36(47-32,34(39)45-30-14-8-27(42-3)9-15-30)35(40)46-31-16-10-28(43-4)11-17-31/h5-18,20,23,25,37-38H,19,21-22H2,1-4H3. The number of nitrogens with one attached hydrogen (secondary N) is 1. The van der Waals surface area contributed by atoms with Crippen LogP contribution < -0.4 is 43.2 Å². The van der Waals surface area contributed by atoms with E-state index in [-0.39, 0.29) is 35.6 Å². The van der Waals surface area contributed by atoms with Gasteiger partial charge in [0.05, 0.1) is 21.3 Å². The highest BCUT2D eigenvalue weighted by Crippen LogP contribution is 2.42. The number of carbonyl (C=O) groups excluding carboxylic acids is 2. The third-order valence-electron chi connectivity index (χ3n) is 7.34. The Morgan fingerprint density at radius 1 is 0.688 bits per heavy atom. The minimum atomic E-state index is -2.58. The molecule has 0 saturated carbocycles. The van der Waals surface area contributed by atoms with Crippen LogP contribution in [0.25, 0.3) is 0 Å². The molecule has 5 rings (SSSR count). The molecule has 12 heteroatoms. The van der Waals surface area contributed by atoms with Gasteiger partial charge in [-0.25, -0.2) is 9.59 Å². The Labute approximate surface area is 278 Å². The van der Waals surface area contributed by atoms with Gasteiger partial charge in [-0.3, -0.25) is 0 Å². The van der Waals surface area contributed by atoms with E-state index in [9.17, 15) is 14.7 Å². The van der Waals surface area contributed by atoms with Gasteiger partial charge in [0.15, 0.2) is 11.5 Å². The van der Waals surface area contributed by atoms with E-state index in [2.05, 4.69) is 5.32 Å². The first-order chi connectivity index (χ1) is 23.2. The van der Waals surface area contributed by atoms with Crippen molar-refractivity contribution in [1.82, 2.24) is 5.32 Å². The van der Waals surface area contributed by atoms with Gasteiger partial charge < -0.3 is 48.3 Å². The second-order valence-electron chi connectivity index (χ2n) is 10.9. The molecule has 1 aliphatic heterocycles. The summed E-state index contributed by atoms with van der Waals surface area (Å²) in [5, 5.41) is 13.7. The highest BCUT2D eigenvalue weighted by molar-refractivity contribution is 6.05. The van der Waals surface area contributed by atoms with Gasteiger partial charge in [-0.15, -0.1) is 0 Å². The smallest absolute Gasteiger partial charge is 0.454 e. The van der Waals surface area contributed by atoms with Crippen molar-refractivity contribution < 1.29 is 52.6 Å². The summed E-state index contributed by atoms with van der Waals surface area (Å²) in [6.45, 7) is 2.36. The molecule has 0 bridgehead atoms. The molecule has 0 fully saturated rings. The van der Waals surface area contributed by atoms with E-state index >= 15 is 0 Å². The lowest BCUT2D eigenvalue weighted by molar-refractivity contribution is -0.190. The largest absolute Gasteiger partial charge is 0.497 e. The molecular formula is C36H37NO11. The van der Waals surface area contributed by atoms with E-state index < -0.39 is 23.8 Å². The molecule has 2 atom stereocenters. The Bertz CT molecular complexity index is 1610. The fourth-order valence-electron chi connectivity index (χ4n) is 4.75. The predicted octanol–water partition coefficient (Wildman–Crippen LogP) is 4.35. The summed E-state index contributed by atoms with van der Waals surface area (Å²) < 4.78 is 44.0. The van der Waals surface area contributed by atoms with E-state index in [0.717, 1.165) is 11.3 Å². The molecule has 0 aliphatic carbocycles. The first kappa shape index (κ1) is 33.9. The lowest BCUT2D eigenvalue weighted by atomic mass is 10.1. The van der Waals surface area contributed by atoms with Gasteiger partial charge in [-0.2, -0.15) is 0 Å². The van der Waals surface area contributed by atoms with Crippen LogP contribution in [0.4, 0.5) is 0 Å². The second-order valence-corrected chi connectivity index (χ2v) is 10.9. The molecule has 0 saturated heterocycles. The molecule has 0 spiro atoms. The van der Waals surface area contributed by atoms with Crippen molar-refractivity contribution in [2.24, 2.45) is 0 Å². The minimum absolute atomic E-state index is 0.0640. The predicted molar refractivity (Wildman–Crippen MR) is 173 cm³/mol. The van der Waals surface area contributed by atoms with Crippen LogP contribution in [0, 0.1) is 0 Å². The molecule has 1 heterocycles. The van der Waals surface area contributed by atoms with Gasteiger partial charge >= 0.3 is 17.7 Å². The third-order valence-corrected chi connectivity index (χ3v) is 7.34.